The second-order valence-electron chi connectivity index (χ2n) is 3.39. The molecule has 3 heteroatoms. The van der Waals surface area contributed by atoms with E-state index in [1.165, 1.54) is 6.08 Å². The summed E-state index contributed by atoms with van der Waals surface area (Å²) in [5, 5.41) is 0. The molecule has 0 radical (unpaired) electrons. The lowest BCUT2D eigenvalue weighted by Crippen LogP contribution is -2.23. The molecular weight excluding hydrogens is 157 g/mol. The van der Waals surface area contributed by atoms with Crippen molar-refractivity contribution in [1.29, 1.82) is 0 Å². The molecule has 1 rings (SSSR count). The van der Waals surface area contributed by atoms with Crippen LogP contribution in [0.3, 0.4) is 0 Å². The summed E-state index contributed by atoms with van der Waals surface area (Å²) in [6.07, 6.45) is 5.75. The Morgan fingerprint density at radius 3 is 2.58 bits per heavy atom. The number of hydrogen-bond acceptors (Lipinski definition) is 2. The van der Waals surface area contributed by atoms with Crippen LogP contribution in [0.2, 0.25) is 0 Å². The number of hydrogen-bond donors (Lipinski definition) is 0. The zero-order valence-corrected chi connectivity index (χ0v) is 7.13. The van der Waals surface area contributed by atoms with Crippen molar-refractivity contribution in [3.63, 3.8) is 0 Å². The highest BCUT2D eigenvalue weighted by Gasteiger charge is 2.24. The van der Waals surface area contributed by atoms with Crippen molar-refractivity contribution in [2.75, 3.05) is 13.2 Å². The SMILES string of the molecule is O=C=NCC1CCCCC1CF. The number of aliphatic imine (C=N–C) groups is 1. The van der Waals surface area contributed by atoms with E-state index in [0.29, 0.717) is 6.54 Å². The molecule has 0 aromatic rings. The fourth-order valence-corrected chi connectivity index (χ4v) is 1.88. The Morgan fingerprint density at radius 1 is 1.33 bits per heavy atom. The lowest BCUT2D eigenvalue weighted by molar-refractivity contribution is 0.198. The van der Waals surface area contributed by atoms with Crippen LogP contribution in [0, 0.1) is 11.8 Å². The van der Waals surface area contributed by atoms with E-state index in [-0.39, 0.29) is 18.5 Å². The van der Waals surface area contributed by atoms with Gasteiger partial charge in [0.25, 0.3) is 0 Å². The normalized spacial score (nSPS) is 29.4. The topological polar surface area (TPSA) is 29.4 Å². The number of alkyl halides is 1. The predicted octanol–water partition coefficient (Wildman–Crippen LogP) is 2.10. The molecule has 1 saturated carbocycles. The molecule has 0 aromatic carbocycles. The first-order valence-corrected chi connectivity index (χ1v) is 4.48. The van der Waals surface area contributed by atoms with Crippen LogP contribution in [0.1, 0.15) is 25.7 Å². The molecule has 1 aliphatic rings. The summed E-state index contributed by atoms with van der Waals surface area (Å²) < 4.78 is 12.4. The van der Waals surface area contributed by atoms with Crippen LogP contribution in [0.25, 0.3) is 0 Å². The van der Waals surface area contributed by atoms with Crippen molar-refractivity contribution in [3.8, 4) is 0 Å². The molecular formula is C9H14FNO. The predicted molar refractivity (Wildman–Crippen MR) is 44.4 cm³/mol. The Morgan fingerprint density at radius 2 is 2.00 bits per heavy atom. The minimum Gasteiger partial charge on any atom is -0.251 e. The van der Waals surface area contributed by atoms with Crippen LogP contribution in [0.4, 0.5) is 4.39 Å². The Kier molecular flexibility index (Phi) is 3.95. The third-order valence-corrected chi connectivity index (χ3v) is 2.66. The summed E-state index contributed by atoms with van der Waals surface area (Å²) in [5.74, 6) is 0.418. The highest BCUT2D eigenvalue weighted by atomic mass is 19.1. The van der Waals surface area contributed by atoms with Gasteiger partial charge in [0.15, 0.2) is 0 Å². The standard InChI is InChI=1S/C9H14FNO/c10-5-8-3-1-2-4-9(8)6-11-7-12/h8-9H,1-6H2. The molecule has 0 N–H and O–H groups in total. The van der Waals surface area contributed by atoms with Crippen molar-refractivity contribution in [2.45, 2.75) is 25.7 Å². The Balaban J connectivity index is 2.40. The molecule has 0 aliphatic heterocycles. The van der Waals surface area contributed by atoms with Gasteiger partial charge in [-0.3, -0.25) is 4.39 Å². The van der Waals surface area contributed by atoms with Gasteiger partial charge < -0.3 is 0 Å². The van der Waals surface area contributed by atoms with Crippen molar-refractivity contribution in [2.24, 2.45) is 16.8 Å². The van der Waals surface area contributed by atoms with E-state index in [4.69, 9.17) is 0 Å². The van der Waals surface area contributed by atoms with Crippen LogP contribution in [0.15, 0.2) is 4.99 Å². The van der Waals surface area contributed by atoms with Crippen molar-refractivity contribution >= 4 is 6.08 Å². The van der Waals surface area contributed by atoms with E-state index in [9.17, 15) is 9.18 Å². The fourth-order valence-electron chi connectivity index (χ4n) is 1.88. The molecule has 0 aromatic heterocycles. The summed E-state index contributed by atoms with van der Waals surface area (Å²) in [6, 6.07) is 0. The van der Waals surface area contributed by atoms with Gasteiger partial charge in [-0.1, -0.05) is 12.8 Å². The molecule has 2 unspecified atom stereocenters. The zero-order chi connectivity index (χ0) is 8.81. The number of nitrogens with zero attached hydrogens (tertiary/aromatic N) is 1. The molecule has 0 bridgehead atoms. The first-order valence-electron chi connectivity index (χ1n) is 4.48. The highest BCUT2D eigenvalue weighted by molar-refractivity contribution is 5.32. The second kappa shape index (κ2) is 5.04. The summed E-state index contributed by atoms with van der Waals surface area (Å²) in [5.41, 5.74) is 0. The summed E-state index contributed by atoms with van der Waals surface area (Å²) in [4.78, 5) is 13.4. The van der Waals surface area contributed by atoms with Crippen LogP contribution < -0.4 is 0 Å². The van der Waals surface area contributed by atoms with Crippen LogP contribution in [0.5, 0.6) is 0 Å². The molecule has 0 saturated heterocycles. The zero-order valence-electron chi connectivity index (χ0n) is 7.13. The molecule has 0 heterocycles. The number of isocyanates is 1. The van der Waals surface area contributed by atoms with E-state index < -0.39 is 0 Å². The number of rotatable bonds is 3. The van der Waals surface area contributed by atoms with Gasteiger partial charge in [0.2, 0.25) is 6.08 Å². The van der Waals surface area contributed by atoms with Gasteiger partial charge >= 0.3 is 0 Å². The lowest BCUT2D eigenvalue weighted by atomic mass is 9.80. The highest BCUT2D eigenvalue weighted by Crippen LogP contribution is 2.30. The maximum Gasteiger partial charge on any atom is 0.234 e. The van der Waals surface area contributed by atoms with Gasteiger partial charge in [0.05, 0.1) is 13.2 Å². The van der Waals surface area contributed by atoms with Gasteiger partial charge in [-0.15, -0.1) is 0 Å². The van der Waals surface area contributed by atoms with E-state index in [1.54, 1.807) is 0 Å². The van der Waals surface area contributed by atoms with E-state index in [2.05, 4.69) is 4.99 Å². The van der Waals surface area contributed by atoms with Gasteiger partial charge in [0.1, 0.15) is 0 Å². The largest absolute Gasteiger partial charge is 0.251 e. The summed E-state index contributed by atoms with van der Waals surface area (Å²) >= 11 is 0. The maximum atomic E-state index is 12.4. The van der Waals surface area contributed by atoms with Gasteiger partial charge in [-0.25, -0.2) is 9.79 Å². The molecule has 1 fully saturated rings. The molecule has 0 spiro atoms. The molecule has 2 atom stereocenters. The Bertz CT molecular complexity index is 177. The summed E-state index contributed by atoms with van der Waals surface area (Å²) in [6.45, 7) is 0.205. The van der Waals surface area contributed by atoms with E-state index >= 15 is 0 Å². The molecule has 68 valence electrons. The third-order valence-electron chi connectivity index (χ3n) is 2.66. The monoisotopic (exact) mass is 171 g/mol. The summed E-state index contributed by atoms with van der Waals surface area (Å²) in [7, 11) is 0. The Labute approximate surface area is 71.9 Å². The quantitative estimate of drug-likeness (QED) is 0.472. The van der Waals surface area contributed by atoms with E-state index in [1.807, 2.05) is 0 Å². The van der Waals surface area contributed by atoms with Crippen molar-refractivity contribution < 1.29 is 9.18 Å². The fraction of sp³-hybridized carbons (Fsp3) is 0.889. The average molecular weight is 171 g/mol. The molecule has 12 heavy (non-hydrogen) atoms. The van der Waals surface area contributed by atoms with Crippen molar-refractivity contribution in [1.82, 2.24) is 0 Å². The smallest absolute Gasteiger partial charge is 0.234 e. The molecule has 1 aliphatic carbocycles. The number of carbonyl (C=O) groups excluding carboxylic acids is 1. The van der Waals surface area contributed by atoms with Crippen LogP contribution in [-0.2, 0) is 4.79 Å². The van der Waals surface area contributed by atoms with Gasteiger partial charge in [-0.2, -0.15) is 0 Å². The molecule has 2 nitrogen and oxygen atoms in total. The minimum atomic E-state index is -0.265. The van der Waals surface area contributed by atoms with E-state index in [0.717, 1.165) is 25.7 Å². The van der Waals surface area contributed by atoms with Crippen LogP contribution >= 0.6 is 0 Å². The van der Waals surface area contributed by atoms with Gasteiger partial charge in [0, 0.05) is 0 Å². The lowest BCUT2D eigenvalue weighted by Gasteiger charge is -2.27. The average Bonchev–Trinajstić information content (AvgIpc) is 2.15. The minimum absolute atomic E-state index is 0.135. The third kappa shape index (κ3) is 2.42. The van der Waals surface area contributed by atoms with Gasteiger partial charge in [-0.05, 0) is 24.7 Å². The molecule has 0 amide bonds. The Hall–Kier alpha value is -0.690. The van der Waals surface area contributed by atoms with Crippen LogP contribution in [-0.4, -0.2) is 19.3 Å². The number of halogens is 1. The first-order chi connectivity index (χ1) is 5.88. The maximum absolute atomic E-state index is 12.4. The first kappa shape index (κ1) is 9.40. The van der Waals surface area contributed by atoms with Crippen molar-refractivity contribution in [3.05, 3.63) is 0 Å². The second-order valence-corrected chi connectivity index (χ2v) is 3.39.